The van der Waals surface area contributed by atoms with E-state index in [9.17, 15) is 4.79 Å². The Morgan fingerprint density at radius 3 is 3.00 bits per heavy atom. The summed E-state index contributed by atoms with van der Waals surface area (Å²) in [5.74, 6) is 3.31. The molecule has 0 saturated carbocycles. The first kappa shape index (κ1) is 17.9. The van der Waals surface area contributed by atoms with Crippen molar-refractivity contribution in [2.45, 2.75) is 37.9 Å². The Morgan fingerprint density at radius 1 is 1.46 bits per heavy atom. The van der Waals surface area contributed by atoms with Gasteiger partial charge in [-0.05, 0) is 38.0 Å². The van der Waals surface area contributed by atoms with E-state index in [0.29, 0.717) is 11.1 Å². The van der Waals surface area contributed by atoms with Gasteiger partial charge in [-0.3, -0.25) is 4.79 Å². The molecule has 7 heteroatoms. The summed E-state index contributed by atoms with van der Waals surface area (Å²) in [6, 6.07) is 5.98. The molecule has 2 aromatic rings. The molecule has 1 atom stereocenters. The van der Waals surface area contributed by atoms with Crippen molar-refractivity contribution in [3.63, 3.8) is 0 Å². The largest absolute Gasteiger partial charge is 0.484 e. The number of hydrogen-bond acceptors (Lipinski definition) is 6. The molecular formula is C17H19N3O3S. The van der Waals surface area contributed by atoms with Crippen molar-refractivity contribution in [3.8, 4) is 18.1 Å². The Hall–Kier alpha value is -2.46. The van der Waals surface area contributed by atoms with Crippen LogP contribution in [0.4, 0.5) is 0 Å². The molecule has 1 aromatic heterocycles. The number of benzene rings is 1. The number of terminal acetylenes is 1. The first-order valence-electron chi connectivity index (χ1n) is 7.40. The van der Waals surface area contributed by atoms with Gasteiger partial charge in [0.1, 0.15) is 5.75 Å². The lowest BCUT2D eigenvalue weighted by molar-refractivity contribution is -0.120. The van der Waals surface area contributed by atoms with Crippen molar-refractivity contribution in [1.82, 2.24) is 15.5 Å². The van der Waals surface area contributed by atoms with Crippen molar-refractivity contribution >= 4 is 17.7 Å². The Labute approximate surface area is 145 Å². The number of ether oxygens (including phenoxy) is 1. The van der Waals surface area contributed by atoms with Crippen LogP contribution in [-0.4, -0.2) is 27.9 Å². The Kier molecular flexibility index (Phi) is 6.27. The number of nitrogens with one attached hydrogen (secondary N) is 1. The minimum Gasteiger partial charge on any atom is -0.484 e. The molecule has 1 amide bonds. The van der Waals surface area contributed by atoms with Gasteiger partial charge >= 0.3 is 0 Å². The number of amides is 1. The fourth-order valence-corrected chi connectivity index (χ4v) is 2.56. The molecule has 1 unspecified atom stereocenters. The van der Waals surface area contributed by atoms with Gasteiger partial charge in [0.15, 0.2) is 6.61 Å². The van der Waals surface area contributed by atoms with Gasteiger partial charge in [-0.2, -0.15) is 0 Å². The molecule has 0 saturated heterocycles. The molecule has 126 valence electrons. The molecule has 2 rings (SSSR count). The van der Waals surface area contributed by atoms with Gasteiger partial charge in [-0.25, -0.2) is 0 Å². The van der Waals surface area contributed by atoms with E-state index in [1.807, 2.05) is 32.0 Å². The Morgan fingerprint density at radius 2 is 2.25 bits per heavy atom. The highest BCUT2D eigenvalue weighted by Gasteiger charge is 2.18. The summed E-state index contributed by atoms with van der Waals surface area (Å²) in [6.45, 7) is 6.09. The number of carbonyl (C=O) groups excluding carboxylic acids is 1. The molecule has 0 bridgehead atoms. The molecule has 0 aliphatic carbocycles. The fourth-order valence-electron chi connectivity index (χ4n) is 1.83. The lowest BCUT2D eigenvalue weighted by Crippen LogP contribution is -2.31. The number of thioether (sulfide) groups is 1. The van der Waals surface area contributed by atoms with Crippen LogP contribution in [0.15, 0.2) is 27.8 Å². The van der Waals surface area contributed by atoms with Gasteiger partial charge in [0.2, 0.25) is 5.91 Å². The van der Waals surface area contributed by atoms with Gasteiger partial charge < -0.3 is 14.5 Å². The van der Waals surface area contributed by atoms with Crippen LogP contribution in [0, 0.1) is 26.2 Å². The Bertz CT molecular complexity index is 752. The van der Waals surface area contributed by atoms with Crippen molar-refractivity contribution in [1.29, 1.82) is 0 Å². The lowest BCUT2D eigenvalue weighted by Gasteiger charge is -2.08. The maximum absolute atomic E-state index is 11.8. The van der Waals surface area contributed by atoms with Gasteiger partial charge in [-0.15, -0.1) is 16.6 Å². The first-order chi connectivity index (χ1) is 11.5. The molecule has 24 heavy (non-hydrogen) atoms. The molecule has 1 aromatic carbocycles. The van der Waals surface area contributed by atoms with Crippen molar-refractivity contribution in [2.24, 2.45) is 0 Å². The molecule has 0 radical (unpaired) electrons. The number of hydrogen-bond donors (Lipinski definition) is 1. The minimum atomic E-state index is -0.383. The molecule has 0 aliphatic rings. The van der Waals surface area contributed by atoms with E-state index < -0.39 is 0 Å². The third kappa shape index (κ3) is 5.03. The third-order valence-corrected chi connectivity index (χ3v) is 4.09. The van der Waals surface area contributed by atoms with E-state index in [0.717, 1.165) is 16.9 Å². The standard InChI is InChI=1S/C17H19N3O3S/c1-5-8-18-16(21)13(4)24-17-20-19-15(23-17)10-22-14-9-11(2)6-7-12(14)3/h1,6-7,9,13H,8,10H2,2-4H3,(H,18,21). The van der Waals surface area contributed by atoms with E-state index in [-0.39, 0.29) is 24.3 Å². The van der Waals surface area contributed by atoms with Crippen LogP contribution in [0.25, 0.3) is 0 Å². The predicted molar refractivity (Wildman–Crippen MR) is 91.7 cm³/mol. The van der Waals surface area contributed by atoms with Gasteiger partial charge in [0, 0.05) is 0 Å². The maximum atomic E-state index is 11.8. The highest BCUT2D eigenvalue weighted by molar-refractivity contribution is 8.00. The second-order valence-electron chi connectivity index (χ2n) is 5.20. The molecule has 0 fully saturated rings. The van der Waals surface area contributed by atoms with E-state index in [1.165, 1.54) is 11.8 Å². The average molecular weight is 345 g/mol. The van der Waals surface area contributed by atoms with Crippen molar-refractivity contribution in [3.05, 3.63) is 35.2 Å². The van der Waals surface area contributed by atoms with E-state index in [4.69, 9.17) is 15.6 Å². The smallest absolute Gasteiger partial charge is 0.277 e. The van der Waals surface area contributed by atoms with Crippen LogP contribution in [0.5, 0.6) is 5.75 Å². The zero-order valence-electron chi connectivity index (χ0n) is 13.8. The summed E-state index contributed by atoms with van der Waals surface area (Å²) in [6.07, 6.45) is 5.11. The number of carbonyl (C=O) groups is 1. The van der Waals surface area contributed by atoms with Crippen molar-refractivity contribution in [2.75, 3.05) is 6.54 Å². The maximum Gasteiger partial charge on any atom is 0.277 e. The number of nitrogens with zero attached hydrogens (tertiary/aromatic N) is 2. The summed E-state index contributed by atoms with van der Waals surface area (Å²) in [5, 5.41) is 10.4. The Balaban J connectivity index is 1.90. The summed E-state index contributed by atoms with van der Waals surface area (Å²) >= 11 is 1.17. The summed E-state index contributed by atoms with van der Waals surface area (Å²) < 4.78 is 11.2. The number of aryl methyl sites for hydroxylation is 2. The van der Waals surface area contributed by atoms with E-state index in [2.05, 4.69) is 21.4 Å². The quantitative estimate of drug-likeness (QED) is 0.614. The highest BCUT2D eigenvalue weighted by atomic mass is 32.2. The zero-order valence-corrected chi connectivity index (χ0v) is 14.6. The fraction of sp³-hybridized carbons (Fsp3) is 0.353. The minimum absolute atomic E-state index is 0.176. The van der Waals surface area contributed by atoms with Gasteiger partial charge in [0.05, 0.1) is 11.8 Å². The van der Waals surface area contributed by atoms with Crippen LogP contribution in [0.2, 0.25) is 0 Å². The SMILES string of the molecule is C#CCNC(=O)C(C)Sc1nnc(COc2cc(C)ccc2C)o1. The van der Waals surface area contributed by atoms with Crippen LogP contribution in [0.3, 0.4) is 0 Å². The summed E-state index contributed by atoms with van der Waals surface area (Å²) in [4.78, 5) is 11.8. The van der Waals surface area contributed by atoms with Crippen LogP contribution >= 0.6 is 11.8 Å². The first-order valence-corrected chi connectivity index (χ1v) is 8.28. The predicted octanol–water partition coefficient (Wildman–Crippen LogP) is 2.50. The molecule has 6 nitrogen and oxygen atoms in total. The number of rotatable bonds is 7. The monoisotopic (exact) mass is 345 g/mol. The summed E-state index contributed by atoms with van der Waals surface area (Å²) in [5.41, 5.74) is 2.15. The van der Waals surface area contributed by atoms with Gasteiger partial charge in [-0.1, -0.05) is 29.8 Å². The molecule has 0 spiro atoms. The molecule has 1 N–H and O–H groups in total. The molecular weight excluding hydrogens is 326 g/mol. The van der Waals surface area contributed by atoms with Crippen LogP contribution < -0.4 is 10.1 Å². The topological polar surface area (TPSA) is 77.2 Å². The van der Waals surface area contributed by atoms with Crippen LogP contribution in [0.1, 0.15) is 23.9 Å². The van der Waals surface area contributed by atoms with Crippen molar-refractivity contribution < 1.29 is 13.9 Å². The summed E-state index contributed by atoms with van der Waals surface area (Å²) in [7, 11) is 0. The second kappa shape index (κ2) is 8.41. The third-order valence-electron chi connectivity index (χ3n) is 3.15. The number of aromatic nitrogens is 2. The molecule has 1 heterocycles. The van der Waals surface area contributed by atoms with E-state index >= 15 is 0 Å². The van der Waals surface area contributed by atoms with E-state index in [1.54, 1.807) is 6.92 Å². The zero-order chi connectivity index (χ0) is 17.5. The normalized spacial score (nSPS) is 11.6. The lowest BCUT2D eigenvalue weighted by atomic mass is 10.1. The average Bonchev–Trinajstić information content (AvgIpc) is 3.00. The second-order valence-corrected chi connectivity index (χ2v) is 6.49. The molecule has 0 aliphatic heterocycles. The van der Waals surface area contributed by atoms with Crippen LogP contribution in [-0.2, 0) is 11.4 Å². The van der Waals surface area contributed by atoms with Gasteiger partial charge in [0.25, 0.3) is 11.1 Å². The highest BCUT2D eigenvalue weighted by Crippen LogP contribution is 2.23.